The number of benzene rings is 1. The first kappa shape index (κ1) is 11.7. The van der Waals surface area contributed by atoms with E-state index in [2.05, 4.69) is 4.98 Å². The summed E-state index contributed by atoms with van der Waals surface area (Å²) in [4.78, 5) is 3.99. The third-order valence-corrected chi connectivity index (χ3v) is 2.63. The summed E-state index contributed by atoms with van der Waals surface area (Å²) in [7, 11) is 0. The Kier molecular flexibility index (Phi) is 3.19. The molecule has 0 fully saturated rings. The number of halogens is 2. The summed E-state index contributed by atoms with van der Waals surface area (Å²) in [5.41, 5.74) is -0.0434. The fourth-order valence-electron chi connectivity index (χ4n) is 1.66. The molecule has 2 rings (SSSR count). The van der Waals surface area contributed by atoms with Crippen molar-refractivity contribution in [3.8, 4) is 0 Å². The molecule has 1 aromatic carbocycles. The van der Waals surface area contributed by atoms with E-state index in [1.54, 1.807) is 23.9 Å². The van der Waals surface area contributed by atoms with Crippen LogP contribution in [0.4, 0.5) is 8.78 Å². The third kappa shape index (κ3) is 2.34. The van der Waals surface area contributed by atoms with Gasteiger partial charge in [-0.05, 0) is 13.0 Å². The average molecular weight is 238 g/mol. The van der Waals surface area contributed by atoms with E-state index in [0.29, 0.717) is 5.82 Å². The van der Waals surface area contributed by atoms with E-state index in [4.69, 9.17) is 0 Å². The Morgan fingerprint density at radius 2 is 2.18 bits per heavy atom. The summed E-state index contributed by atoms with van der Waals surface area (Å²) in [6, 6.07) is 3.76. The fraction of sp³-hybridized carbons (Fsp3) is 0.250. The lowest BCUT2D eigenvalue weighted by Gasteiger charge is -2.13. The van der Waals surface area contributed by atoms with E-state index >= 15 is 0 Å². The maximum atomic E-state index is 13.4. The highest BCUT2D eigenvalue weighted by Crippen LogP contribution is 2.21. The minimum absolute atomic E-state index is 0.0434. The minimum atomic E-state index is -1.10. The zero-order valence-corrected chi connectivity index (χ0v) is 9.27. The van der Waals surface area contributed by atoms with Gasteiger partial charge < -0.3 is 9.67 Å². The lowest BCUT2D eigenvalue weighted by atomic mass is 10.1. The maximum Gasteiger partial charge on any atom is 0.164 e. The van der Waals surface area contributed by atoms with Gasteiger partial charge in [-0.1, -0.05) is 12.1 Å². The second-order valence-electron chi connectivity index (χ2n) is 3.79. The van der Waals surface area contributed by atoms with Gasteiger partial charge in [-0.2, -0.15) is 0 Å². The van der Waals surface area contributed by atoms with E-state index < -0.39 is 17.7 Å². The molecule has 0 radical (unpaired) electrons. The Balaban J connectivity index is 2.23. The molecular formula is C12H12F2N2O. The SMILES string of the molecule is Cc1nccn1CC(O)c1cccc(F)c1F. The van der Waals surface area contributed by atoms with E-state index in [9.17, 15) is 13.9 Å². The number of aromatic nitrogens is 2. The number of rotatable bonds is 3. The fourth-order valence-corrected chi connectivity index (χ4v) is 1.66. The van der Waals surface area contributed by atoms with Crippen LogP contribution in [0.1, 0.15) is 17.5 Å². The van der Waals surface area contributed by atoms with E-state index in [1.165, 1.54) is 12.1 Å². The standard InChI is InChI=1S/C12H12F2N2O/c1-8-15-5-6-16(8)7-11(17)9-3-2-4-10(13)12(9)14/h2-6,11,17H,7H2,1H3. The summed E-state index contributed by atoms with van der Waals surface area (Å²) in [5.74, 6) is -1.25. The lowest BCUT2D eigenvalue weighted by Crippen LogP contribution is -2.11. The van der Waals surface area contributed by atoms with Crippen molar-refractivity contribution in [3.05, 3.63) is 53.6 Å². The molecule has 90 valence electrons. The van der Waals surface area contributed by atoms with E-state index in [-0.39, 0.29) is 12.1 Å². The quantitative estimate of drug-likeness (QED) is 0.890. The second kappa shape index (κ2) is 4.63. The molecule has 0 saturated heterocycles. The summed E-state index contributed by atoms with van der Waals surface area (Å²) in [6.07, 6.45) is 2.17. The molecule has 1 heterocycles. The van der Waals surface area contributed by atoms with Crippen LogP contribution in [0.3, 0.4) is 0 Å². The van der Waals surface area contributed by atoms with Gasteiger partial charge in [-0.3, -0.25) is 0 Å². The molecule has 0 bridgehead atoms. The van der Waals surface area contributed by atoms with Crippen LogP contribution in [0.2, 0.25) is 0 Å². The van der Waals surface area contributed by atoms with Crippen LogP contribution >= 0.6 is 0 Å². The smallest absolute Gasteiger partial charge is 0.164 e. The van der Waals surface area contributed by atoms with Crippen LogP contribution in [0.25, 0.3) is 0 Å². The van der Waals surface area contributed by atoms with Gasteiger partial charge in [0, 0.05) is 18.0 Å². The first-order valence-electron chi connectivity index (χ1n) is 5.19. The van der Waals surface area contributed by atoms with Gasteiger partial charge in [0.05, 0.1) is 12.6 Å². The number of imidazole rings is 1. The van der Waals surface area contributed by atoms with Gasteiger partial charge in [0.1, 0.15) is 5.82 Å². The Morgan fingerprint density at radius 3 is 2.82 bits per heavy atom. The van der Waals surface area contributed by atoms with Crippen molar-refractivity contribution in [2.45, 2.75) is 19.6 Å². The molecule has 2 aromatic rings. The monoisotopic (exact) mass is 238 g/mol. The highest BCUT2D eigenvalue weighted by atomic mass is 19.2. The highest BCUT2D eigenvalue weighted by molar-refractivity contribution is 5.21. The van der Waals surface area contributed by atoms with Gasteiger partial charge in [0.2, 0.25) is 0 Å². The summed E-state index contributed by atoms with van der Waals surface area (Å²) < 4.78 is 28.1. The van der Waals surface area contributed by atoms with E-state index in [1.807, 2.05) is 0 Å². The van der Waals surface area contributed by atoms with Crippen molar-refractivity contribution in [1.29, 1.82) is 0 Å². The first-order valence-corrected chi connectivity index (χ1v) is 5.19. The highest BCUT2D eigenvalue weighted by Gasteiger charge is 2.16. The molecule has 1 unspecified atom stereocenters. The van der Waals surface area contributed by atoms with Crippen LogP contribution in [-0.2, 0) is 6.54 Å². The molecule has 0 aliphatic heterocycles. The minimum Gasteiger partial charge on any atom is -0.386 e. The van der Waals surface area contributed by atoms with Crippen molar-refractivity contribution < 1.29 is 13.9 Å². The second-order valence-corrected chi connectivity index (χ2v) is 3.79. The topological polar surface area (TPSA) is 38.0 Å². The predicted octanol–water partition coefficient (Wildman–Crippen LogP) is 2.20. The Hall–Kier alpha value is -1.75. The molecule has 1 atom stereocenters. The van der Waals surface area contributed by atoms with Crippen LogP contribution in [0.5, 0.6) is 0 Å². The number of hydrogen-bond acceptors (Lipinski definition) is 2. The van der Waals surface area contributed by atoms with Crippen LogP contribution in [-0.4, -0.2) is 14.7 Å². The number of aliphatic hydroxyl groups is 1. The van der Waals surface area contributed by atoms with Gasteiger partial charge >= 0.3 is 0 Å². The first-order chi connectivity index (χ1) is 8.09. The summed E-state index contributed by atoms with van der Waals surface area (Å²) in [6.45, 7) is 1.92. The lowest BCUT2D eigenvalue weighted by molar-refractivity contribution is 0.150. The summed E-state index contributed by atoms with van der Waals surface area (Å²) in [5, 5.41) is 9.87. The Labute approximate surface area is 97.3 Å². The molecule has 3 nitrogen and oxygen atoms in total. The summed E-state index contributed by atoms with van der Waals surface area (Å²) >= 11 is 0. The normalized spacial score (nSPS) is 12.7. The molecule has 0 spiro atoms. The molecule has 0 aliphatic carbocycles. The molecule has 1 aromatic heterocycles. The molecular weight excluding hydrogens is 226 g/mol. The zero-order valence-electron chi connectivity index (χ0n) is 9.27. The van der Waals surface area contributed by atoms with Crippen molar-refractivity contribution in [3.63, 3.8) is 0 Å². The molecule has 0 amide bonds. The van der Waals surface area contributed by atoms with E-state index in [0.717, 1.165) is 6.07 Å². The molecule has 5 heteroatoms. The number of nitrogens with zero attached hydrogens (tertiary/aromatic N) is 2. The molecule has 0 aliphatic rings. The zero-order chi connectivity index (χ0) is 12.4. The average Bonchev–Trinajstić information content (AvgIpc) is 2.68. The van der Waals surface area contributed by atoms with Gasteiger partial charge in [0.25, 0.3) is 0 Å². The van der Waals surface area contributed by atoms with Gasteiger partial charge in [-0.15, -0.1) is 0 Å². The number of aliphatic hydroxyl groups excluding tert-OH is 1. The Morgan fingerprint density at radius 1 is 1.41 bits per heavy atom. The van der Waals surface area contributed by atoms with Gasteiger partial charge in [0.15, 0.2) is 11.6 Å². The maximum absolute atomic E-state index is 13.4. The van der Waals surface area contributed by atoms with Crippen LogP contribution in [0, 0.1) is 18.6 Å². The number of aryl methyl sites for hydroxylation is 1. The van der Waals surface area contributed by atoms with Crippen molar-refractivity contribution >= 4 is 0 Å². The van der Waals surface area contributed by atoms with Crippen molar-refractivity contribution in [1.82, 2.24) is 9.55 Å². The van der Waals surface area contributed by atoms with Crippen LogP contribution in [0.15, 0.2) is 30.6 Å². The molecule has 1 N–H and O–H groups in total. The van der Waals surface area contributed by atoms with Gasteiger partial charge in [-0.25, -0.2) is 13.8 Å². The van der Waals surface area contributed by atoms with Crippen molar-refractivity contribution in [2.24, 2.45) is 0 Å². The Bertz CT molecular complexity index is 525. The third-order valence-electron chi connectivity index (χ3n) is 2.63. The largest absolute Gasteiger partial charge is 0.386 e. The molecule has 17 heavy (non-hydrogen) atoms. The predicted molar refractivity (Wildman–Crippen MR) is 58.3 cm³/mol. The van der Waals surface area contributed by atoms with Crippen molar-refractivity contribution in [2.75, 3.05) is 0 Å². The molecule has 0 saturated carbocycles. The number of hydrogen-bond donors (Lipinski definition) is 1. The van der Waals surface area contributed by atoms with Crippen LogP contribution < -0.4 is 0 Å².